The molecule has 1 saturated heterocycles. The van der Waals surface area contributed by atoms with Crippen molar-refractivity contribution in [3.8, 4) is 0 Å². The summed E-state index contributed by atoms with van der Waals surface area (Å²) in [7, 11) is 0. The van der Waals surface area contributed by atoms with Crippen LogP contribution in [-0.4, -0.2) is 58.4 Å². The van der Waals surface area contributed by atoms with Crippen LogP contribution in [0.2, 0.25) is 0 Å². The van der Waals surface area contributed by atoms with Crippen molar-refractivity contribution in [1.82, 2.24) is 10.2 Å². The Morgan fingerprint density at radius 1 is 1.25 bits per heavy atom. The number of hydrogen-bond donors (Lipinski definition) is 3. The van der Waals surface area contributed by atoms with Crippen LogP contribution in [0.4, 0.5) is 0 Å². The van der Waals surface area contributed by atoms with Crippen molar-refractivity contribution in [2.24, 2.45) is 0 Å². The van der Waals surface area contributed by atoms with Crippen LogP contribution < -0.4 is 5.32 Å². The summed E-state index contributed by atoms with van der Waals surface area (Å²) < 4.78 is 0. The maximum Gasteiger partial charge on any atom is 0.227 e. The maximum atomic E-state index is 12.4. The molecular weight excluding hydrogens is 304 g/mol. The molecule has 1 heterocycles. The first-order valence-electron chi connectivity index (χ1n) is 9.02. The Labute approximate surface area is 143 Å². The van der Waals surface area contributed by atoms with Crippen LogP contribution >= 0.6 is 0 Å². The molecule has 2 fully saturated rings. The molecule has 2 aliphatic rings. The van der Waals surface area contributed by atoms with Crippen LogP contribution in [-0.2, 0) is 11.2 Å². The summed E-state index contributed by atoms with van der Waals surface area (Å²) in [6, 6.07) is 10.1. The number of amides is 1. The Hall–Kier alpha value is -1.43. The van der Waals surface area contributed by atoms with Crippen LogP contribution in [0.25, 0.3) is 0 Å². The van der Waals surface area contributed by atoms with Gasteiger partial charge in [-0.05, 0) is 24.8 Å². The zero-order chi connectivity index (χ0) is 17.0. The molecule has 24 heavy (non-hydrogen) atoms. The van der Waals surface area contributed by atoms with E-state index in [0.717, 1.165) is 18.4 Å². The number of carbonyl (C=O) groups excluding carboxylic acids is 1. The second-order valence-electron chi connectivity index (χ2n) is 7.23. The largest absolute Gasteiger partial charge is 0.388 e. The van der Waals surface area contributed by atoms with E-state index in [1.54, 1.807) is 4.90 Å². The van der Waals surface area contributed by atoms with Crippen molar-refractivity contribution in [2.75, 3.05) is 19.6 Å². The minimum atomic E-state index is -1.13. The van der Waals surface area contributed by atoms with E-state index in [2.05, 4.69) is 5.32 Å². The first-order valence-corrected chi connectivity index (χ1v) is 9.02. The second-order valence-corrected chi connectivity index (χ2v) is 7.23. The molecule has 0 aromatic heterocycles. The average Bonchev–Trinajstić information content (AvgIpc) is 3.10. The zero-order valence-corrected chi connectivity index (χ0v) is 14.2. The fourth-order valence-electron chi connectivity index (χ4n) is 3.73. The van der Waals surface area contributed by atoms with Gasteiger partial charge < -0.3 is 20.4 Å². The first-order chi connectivity index (χ1) is 11.6. The predicted octanol–water partition coefficient (Wildman–Crippen LogP) is 1.09. The standard InChI is InChI=1S/C19H28N2O3/c22-17-13-21(18(23)12-15-6-2-1-3-7-15)11-10-19(17,24)14-20-16-8-4-5-9-16/h1-3,6-7,16-17,20,22,24H,4-5,8-14H2/t17-,19-/m0/s1. The van der Waals surface area contributed by atoms with E-state index < -0.39 is 11.7 Å². The van der Waals surface area contributed by atoms with Gasteiger partial charge in [-0.1, -0.05) is 43.2 Å². The summed E-state index contributed by atoms with van der Waals surface area (Å²) in [6.45, 7) is 1.10. The lowest BCUT2D eigenvalue weighted by Gasteiger charge is -2.42. The van der Waals surface area contributed by atoms with Crippen LogP contribution in [0.3, 0.4) is 0 Å². The third-order valence-electron chi connectivity index (χ3n) is 5.43. The first kappa shape index (κ1) is 17.4. The van der Waals surface area contributed by atoms with Crippen LogP contribution in [0.15, 0.2) is 30.3 Å². The van der Waals surface area contributed by atoms with Gasteiger partial charge in [0.25, 0.3) is 0 Å². The highest BCUT2D eigenvalue weighted by atomic mass is 16.3. The molecule has 5 nitrogen and oxygen atoms in total. The lowest BCUT2D eigenvalue weighted by molar-refractivity contribution is -0.148. The molecule has 0 spiro atoms. The van der Waals surface area contributed by atoms with Crippen molar-refractivity contribution < 1.29 is 15.0 Å². The normalized spacial score (nSPS) is 28.2. The van der Waals surface area contributed by atoms with Gasteiger partial charge in [0.2, 0.25) is 5.91 Å². The summed E-state index contributed by atoms with van der Waals surface area (Å²) in [5, 5.41) is 24.5. The maximum absolute atomic E-state index is 12.4. The lowest BCUT2D eigenvalue weighted by atomic mass is 9.88. The number of benzene rings is 1. The van der Waals surface area contributed by atoms with Crippen molar-refractivity contribution in [2.45, 2.75) is 56.3 Å². The smallest absolute Gasteiger partial charge is 0.227 e. The summed E-state index contributed by atoms with van der Waals surface area (Å²) in [5.41, 5.74) is -0.160. The third kappa shape index (κ3) is 4.15. The highest BCUT2D eigenvalue weighted by Gasteiger charge is 2.41. The molecule has 1 saturated carbocycles. The minimum absolute atomic E-state index is 0.00560. The third-order valence-corrected chi connectivity index (χ3v) is 5.43. The fourth-order valence-corrected chi connectivity index (χ4v) is 3.73. The summed E-state index contributed by atoms with van der Waals surface area (Å²) >= 11 is 0. The van der Waals surface area contributed by atoms with E-state index in [4.69, 9.17) is 0 Å². The summed E-state index contributed by atoms with van der Waals surface area (Å²) in [4.78, 5) is 14.1. The van der Waals surface area contributed by atoms with Gasteiger partial charge in [0, 0.05) is 25.7 Å². The van der Waals surface area contributed by atoms with Crippen LogP contribution in [0, 0.1) is 0 Å². The number of rotatable bonds is 5. The number of nitrogens with one attached hydrogen (secondary N) is 1. The van der Waals surface area contributed by atoms with Gasteiger partial charge in [-0.15, -0.1) is 0 Å². The molecule has 0 bridgehead atoms. The molecule has 0 radical (unpaired) electrons. The monoisotopic (exact) mass is 332 g/mol. The summed E-state index contributed by atoms with van der Waals surface area (Å²) in [5.74, 6) is 0.00560. The molecule has 1 aliphatic heterocycles. The molecule has 1 aliphatic carbocycles. The Morgan fingerprint density at radius 2 is 1.96 bits per heavy atom. The molecule has 1 aromatic carbocycles. The number of carbonyl (C=O) groups is 1. The number of piperidine rings is 1. The Balaban J connectivity index is 1.51. The SMILES string of the molecule is O=C(Cc1ccccc1)N1CC[C@](O)(CNC2CCCC2)[C@@H](O)C1. The van der Waals surface area contributed by atoms with E-state index in [1.165, 1.54) is 12.8 Å². The number of aliphatic hydroxyl groups is 2. The Bertz CT molecular complexity index is 545. The van der Waals surface area contributed by atoms with E-state index >= 15 is 0 Å². The van der Waals surface area contributed by atoms with Gasteiger partial charge in [-0.25, -0.2) is 0 Å². The Kier molecular flexibility index (Phi) is 5.54. The van der Waals surface area contributed by atoms with Crippen molar-refractivity contribution in [1.29, 1.82) is 0 Å². The fraction of sp³-hybridized carbons (Fsp3) is 0.632. The molecule has 2 atom stereocenters. The van der Waals surface area contributed by atoms with Crippen LogP contribution in [0.1, 0.15) is 37.7 Å². The van der Waals surface area contributed by atoms with E-state index in [9.17, 15) is 15.0 Å². The topological polar surface area (TPSA) is 72.8 Å². The predicted molar refractivity (Wildman–Crippen MR) is 92.6 cm³/mol. The molecule has 1 amide bonds. The molecule has 3 N–H and O–H groups in total. The molecule has 132 valence electrons. The Morgan fingerprint density at radius 3 is 2.62 bits per heavy atom. The number of hydrogen-bond acceptors (Lipinski definition) is 4. The highest BCUT2D eigenvalue weighted by molar-refractivity contribution is 5.79. The van der Waals surface area contributed by atoms with Crippen molar-refractivity contribution in [3.63, 3.8) is 0 Å². The van der Waals surface area contributed by atoms with Crippen LogP contribution in [0.5, 0.6) is 0 Å². The minimum Gasteiger partial charge on any atom is -0.388 e. The number of aliphatic hydroxyl groups excluding tert-OH is 1. The van der Waals surface area contributed by atoms with E-state index in [0.29, 0.717) is 32.0 Å². The summed E-state index contributed by atoms with van der Waals surface area (Å²) in [6.07, 6.45) is 4.61. The number of β-amino-alcohol motifs (C(OH)–C–C–N with tert-alkyl or cyclic N) is 1. The lowest BCUT2D eigenvalue weighted by Crippen LogP contribution is -2.61. The second kappa shape index (κ2) is 7.64. The molecule has 3 rings (SSSR count). The van der Waals surface area contributed by atoms with Gasteiger partial charge in [0.1, 0.15) is 11.7 Å². The zero-order valence-electron chi connectivity index (χ0n) is 14.2. The van der Waals surface area contributed by atoms with Crippen molar-refractivity contribution in [3.05, 3.63) is 35.9 Å². The van der Waals surface area contributed by atoms with E-state index in [1.807, 2.05) is 30.3 Å². The highest BCUT2D eigenvalue weighted by Crippen LogP contribution is 2.25. The van der Waals surface area contributed by atoms with E-state index in [-0.39, 0.29) is 12.5 Å². The van der Waals surface area contributed by atoms with Gasteiger partial charge in [0.05, 0.1) is 6.42 Å². The van der Waals surface area contributed by atoms with Gasteiger partial charge >= 0.3 is 0 Å². The average molecular weight is 332 g/mol. The number of nitrogens with zero attached hydrogens (tertiary/aromatic N) is 1. The van der Waals surface area contributed by atoms with Gasteiger partial charge in [0.15, 0.2) is 0 Å². The van der Waals surface area contributed by atoms with Crippen molar-refractivity contribution >= 4 is 5.91 Å². The van der Waals surface area contributed by atoms with Gasteiger partial charge in [-0.2, -0.15) is 0 Å². The van der Waals surface area contributed by atoms with Gasteiger partial charge in [-0.3, -0.25) is 4.79 Å². The molecular formula is C19H28N2O3. The molecule has 0 unspecified atom stereocenters. The molecule has 5 heteroatoms. The molecule has 1 aromatic rings. The number of likely N-dealkylation sites (tertiary alicyclic amines) is 1. The quantitative estimate of drug-likeness (QED) is 0.755.